The Bertz CT molecular complexity index is 508. The van der Waals surface area contributed by atoms with Gasteiger partial charge in [0.05, 0.1) is 21.7 Å². The van der Waals surface area contributed by atoms with Crippen LogP contribution in [-0.2, 0) is 10.2 Å². The molecule has 3 heteroatoms. The molecule has 0 saturated carbocycles. The van der Waals surface area contributed by atoms with Crippen LogP contribution in [0.1, 0.15) is 60.5 Å². The zero-order valence-electron chi connectivity index (χ0n) is 16.9. The maximum Gasteiger partial charge on any atom is 0.0678 e. The molecule has 2 unspecified atom stereocenters. The number of rotatable bonds is 5. The Hall–Kier alpha value is -0.643. The smallest absolute Gasteiger partial charge is 0.0678 e. The van der Waals surface area contributed by atoms with E-state index in [0.29, 0.717) is 17.2 Å². The molecule has 2 rings (SSSR count). The van der Waals surface area contributed by atoms with Crippen molar-refractivity contribution < 1.29 is 4.74 Å². The van der Waals surface area contributed by atoms with Crippen molar-refractivity contribution >= 4 is 14.7 Å². The van der Waals surface area contributed by atoms with Gasteiger partial charge in [0.25, 0.3) is 0 Å². The number of nitrogens with zero attached hydrogens (tertiary/aromatic N) is 1. The van der Waals surface area contributed by atoms with Crippen LogP contribution in [0.5, 0.6) is 0 Å². The molecule has 136 valence electrons. The molecule has 1 aromatic carbocycles. The summed E-state index contributed by atoms with van der Waals surface area (Å²) in [6, 6.07) is 9.44. The third kappa shape index (κ3) is 6.02. The predicted octanol–water partition coefficient (Wildman–Crippen LogP) is 3.48. The molecule has 0 spiro atoms. The lowest BCUT2D eigenvalue weighted by Gasteiger charge is -2.37. The molecule has 0 aromatic heterocycles. The molecule has 0 radical (unpaired) electrons. The van der Waals surface area contributed by atoms with Crippen LogP contribution in [0.25, 0.3) is 0 Å². The molecule has 1 heterocycles. The molecule has 0 amide bonds. The summed E-state index contributed by atoms with van der Waals surface area (Å²) in [5, 5.41) is 2.06. The van der Waals surface area contributed by atoms with Crippen molar-refractivity contribution in [3.8, 4) is 0 Å². The molecule has 0 bridgehead atoms. The quantitative estimate of drug-likeness (QED) is 0.756. The highest BCUT2D eigenvalue weighted by Crippen LogP contribution is 2.28. The molecular formula is C21H37NOSi. The summed E-state index contributed by atoms with van der Waals surface area (Å²) in [5.74, 6) is 0. The average Bonchev–Trinajstić information content (AvgIpc) is 2.43. The van der Waals surface area contributed by atoms with E-state index in [-0.39, 0.29) is 14.9 Å². The van der Waals surface area contributed by atoms with E-state index in [1.54, 1.807) is 5.19 Å². The fourth-order valence-electron chi connectivity index (χ4n) is 3.69. The number of benzene rings is 1. The van der Waals surface area contributed by atoms with Crippen molar-refractivity contribution in [1.82, 2.24) is 4.90 Å². The molecule has 1 aromatic rings. The summed E-state index contributed by atoms with van der Waals surface area (Å²) in [7, 11) is -0.274. The van der Waals surface area contributed by atoms with Crippen LogP contribution in [0, 0.1) is 0 Å². The third-order valence-corrected chi connectivity index (χ3v) is 7.29. The van der Waals surface area contributed by atoms with E-state index in [2.05, 4.69) is 77.6 Å². The zero-order valence-corrected chi connectivity index (χ0v) is 18.3. The second-order valence-electron chi connectivity index (χ2n) is 9.55. The van der Waals surface area contributed by atoms with Crippen molar-refractivity contribution in [2.45, 2.75) is 77.5 Å². The summed E-state index contributed by atoms with van der Waals surface area (Å²) in [6.07, 6.45) is 2.04. The lowest BCUT2D eigenvalue weighted by Crippen LogP contribution is -2.46. The molecule has 1 saturated heterocycles. The number of morpholine rings is 1. The van der Waals surface area contributed by atoms with Gasteiger partial charge >= 0.3 is 0 Å². The first-order valence-corrected chi connectivity index (χ1v) is 10.9. The van der Waals surface area contributed by atoms with Crippen LogP contribution < -0.4 is 5.19 Å². The zero-order chi connectivity index (χ0) is 18.0. The number of ether oxygens (including phenoxy) is 1. The van der Waals surface area contributed by atoms with Gasteiger partial charge in [-0.25, -0.2) is 0 Å². The summed E-state index contributed by atoms with van der Waals surface area (Å²) in [5.41, 5.74) is 1.69. The largest absolute Gasteiger partial charge is 0.373 e. The number of hydrogen-bond acceptors (Lipinski definition) is 2. The summed E-state index contributed by atoms with van der Waals surface area (Å²) in [6.45, 7) is 19.5. The van der Waals surface area contributed by atoms with Crippen molar-refractivity contribution in [1.29, 1.82) is 0 Å². The molecule has 1 fully saturated rings. The van der Waals surface area contributed by atoms with E-state index < -0.39 is 0 Å². The summed E-state index contributed by atoms with van der Waals surface area (Å²) >= 11 is 0. The Morgan fingerprint density at radius 3 is 2.04 bits per heavy atom. The first kappa shape index (κ1) is 19.7. The molecule has 1 aliphatic heterocycles. The fourth-order valence-corrected chi connectivity index (χ4v) is 5.60. The standard InChI is InChI=1S/C21H37NOSi/c1-16-14-22(15-17(2)23-16)13-12-21(6,7)24-19-10-8-18(9-11-19)20(3,4)5/h8-11,16-17H,12-15,24H2,1-7H3. The van der Waals surface area contributed by atoms with Crippen molar-refractivity contribution in [3.63, 3.8) is 0 Å². The first-order valence-electron chi connectivity index (χ1n) is 9.52. The predicted molar refractivity (Wildman–Crippen MR) is 108 cm³/mol. The lowest BCUT2D eigenvalue weighted by molar-refractivity contribution is -0.0685. The second kappa shape index (κ2) is 7.71. The van der Waals surface area contributed by atoms with E-state index in [0.717, 1.165) is 13.1 Å². The van der Waals surface area contributed by atoms with Crippen LogP contribution in [0.15, 0.2) is 24.3 Å². The highest BCUT2D eigenvalue weighted by molar-refractivity contribution is 6.56. The Morgan fingerprint density at radius 2 is 1.54 bits per heavy atom. The monoisotopic (exact) mass is 347 g/mol. The number of hydrogen-bond donors (Lipinski definition) is 0. The van der Waals surface area contributed by atoms with Gasteiger partial charge in [-0.05, 0) is 42.8 Å². The van der Waals surface area contributed by atoms with Gasteiger partial charge in [0.2, 0.25) is 0 Å². The first-order chi connectivity index (χ1) is 11.0. The molecule has 2 nitrogen and oxygen atoms in total. The van der Waals surface area contributed by atoms with Crippen LogP contribution in [0.3, 0.4) is 0 Å². The van der Waals surface area contributed by atoms with Crippen LogP contribution in [0.2, 0.25) is 5.04 Å². The highest BCUT2D eigenvalue weighted by atomic mass is 28.2. The van der Waals surface area contributed by atoms with Gasteiger partial charge < -0.3 is 4.74 Å². The third-order valence-electron chi connectivity index (χ3n) is 5.10. The Kier molecular flexibility index (Phi) is 6.33. The molecule has 0 N–H and O–H groups in total. The van der Waals surface area contributed by atoms with Crippen LogP contribution in [0.4, 0.5) is 0 Å². The summed E-state index contributed by atoms with van der Waals surface area (Å²) < 4.78 is 5.85. The van der Waals surface area contributed by atoms with Gasteiger partial charge in [-0.1, -0.05) is 64.1 Å². The van der Waals surface area contributed by atoms with E-state index in [9.17, 15) is 0 Å². The molecule has 2 atom stereocenters. The molecule has 24 heavy (non-hydrogen) atoms. The van der Waals surface area contributed by atoms with Crippen molar-refractivity contribution in [2.75, 3.05) is 19.6 Å². The Morgan fingerprint density at radius 1 is 1.00 bits per heavy atom. The molecular weight excluding hydrogens is 310 g/mol. The molecule has 1 aliphatic rings. The average molecular weight is 348 g/mol. The minimum Gasteiger partial charge on any atom is -0.373 e. The Balaban J connectivity index is 1.88. The van der Waals surface area contributed by atoms with Gasteiger partial charge in [0, 0.05) is 13.1 Å². The van der Waals surface area contributed by atoms with Gasteiger partial charge in [-0.3, -0.25) is 4.90 Å². The van der Waals surface area contributed by atoms with Crippen LogP contribution in [-0.4, -0.2) is 46.3 Å². The van der Waals surface area contributed by atoms with Gasteiger partial charge in [-0.2, -0.15) is 0 Å². The normalized spacial score (nSPS) is 24.0. The topological polar surface area (TPSA) is 12.5 Å². The maximum absolute atomic E-state index is 5.85. The van der Waals surface area contributed by atoms with Crippen LogP contribution >= 0.6 is 0 Å². The maximum atomic E-state index is 5.85. The summed E-state index contributed by atoms with van der Waals surface area (Å²) in [4.78, 5) is 2.59. The minimum absolute atomic E-state index is 0.249. The lowest BCUT2D eigenvalue weighted by atomic mass is 9.87. The van der Waals surface area contributed by atoms with E-state index >= 15 is 0 Å². The Labute approximate surface area is 151 Å². The second-order valence-corrected chi connectivity index (χ2v) is 12.6. The highest BCUT2D eigenvalue weighted by Gasteiger charge is 2.25. The van der Waals surface area contributed by atoms with Gasteiger partial charge in [0.1, 0.15) is 0 Å². The van der Waals surface area contributed by atoms with E-state index in [1.807, 2.05) is 0 Å². The fraction of sp³-hybridized carbons (Fsp3) is 0.714. The van der Waals surface area contributed by atoms with Gasteiger partial charge in [0.15, 0.2) is 0 Å². The van der Waals surface area contributed by atoms with E-state index in [4.69, 9.17) is 4.74 Å². The minimum atomic E-state index is -0.274. The molecule has 0 aliphatic carbocycles. The van der Waals surface area contributed by atoms with E-state index in [1.165, 1.54) is 18.5 Å². The van der Waals surface area contributed by atoms with Gasteiger partial charge in [-0.15, -0.1) is 0 Å². The van der Waals surface area contributed by atoms with Crippen molar-refractivity contribution in [2.24, 2.45) is 0 Å². The van der Waals surface area contributed by atoms with Crippen molar-refractivity contribution in [3.05, 3.63) is 29.8 Å². The SMILES string of the molecule is CC1CN(CCC(C)(C)[SiH2]c2ccc(C(C)(C)C)cc2)CC(C)O1.